The van der Waals surface area contributed by atoms with Crippen molar-refractivity contribution in [1.29, 1.82) is 0 Å². The highest BCUT2D eigenvalue weighted by atomic mass is 16.5. The molecule has 1 atom stereocenters. The summed E-state index contributed by atoms with van der Waals surface area (Å²) in [5, 5.41) is 0. The highest BCUT2D eigenvalue weighted by Gasteiger charge is 2.18. The van der Waals surface area contributed by atoms with E-state index in [2.05, 4.69) is 0 Å². The molecule has 2 heteroatoms. The van der Waals surface area contributed by atoms with Crippen LogP contribution in [0.5, 0.6) is 5.75 Å². The van der Waals surface area contributed by atoms with Crippen LogP contribution in [0.3, 0.4) is 0 Å². The summed E-state index contributed by atoms with van der Waals surface area (Å²) in [5.74, 6) is 1.16. The van der Waals surface area contributed by atoms with Gasteiger partial charge in [0.15, 0.2) is 5.78 Å². The first kappa shape index (κ1) is 10.7. The van der Waals surface area contributed by atoms with Crippen molar-refractivity contribution in [2.45, 2.75) is 6.92 Å². The van der Waals surface area contributed by atoms with E-state index in [0.29, 0.717) is 0 Å². The second-order valence-electron chi connectivity index (χ2n) is 3.88. The average molecular weight is 214 g/mol. The van der Waals surface area contributed by atoms with Gasteiger partial charge in [-0.15, -0.1) is 0 Å². The molecule has 0 bridgehead atoms. The summed E-state index contributed by atoms with van der Waals surface area (Å²) < 4.78 is 5.08. The maximum absolute atomic E-state index is 11.5. The van der Waals surface area contributed by atoms with Gasteiger partial charge in [-0.05, 0) is 29.8 Å². The number of carbonyl (C=O) groups excluding carboxylic acids is 1. The van der Waals surface area contributed by atoms with Crippen molar-refractivity contribution in [2.24, 2.45) is 5.92 Å². The topological polar surface area (TPSA) is 26.3 Å². The van der Waals surface area contributed by atoms with Crippen molar-refractivity contribution in [3.63, 3.8) is 0 Å². The van der Waals surface area contributed by atoms with Crippen LogP contribution in [0.15, 0.2) is 42.0 Å². The third-order valence-corrected chi connectivity index (χ3v) is 2.75. The van der Waals surface area contributed by atoms with E-state index in [0.717, 1.165) is 16.9 Å². The van der Waals surface area contributed by atoms with E-state index in [4.69, 9.17) is 4.74 Å². The number of allylic oxidation sites excluding steroid dienone is 3. The second kappa shape index (κ2) is 4.35. The van der Waals surface area contributed by atoms with Crippen LogP contribution < -0.4 is 4.74 Å². The van der Waals surface area contributed by atoms with Crippen molar-refractivity contribution in [3.8, 4) is 5.75 Å². The summed E-state index contributed by atoms with van der Waals surface area (Å²) in [4.78, 5) is 11.5. The number of hydrogen-bond acceptors (Lipinski definition) is 2. The van der Waals surface area contributed by atoms with Crippen molar-refractivity contribution >= 4 is 11.9 Å². The van der Waals surface area contributed by atoms with Crippen LogP contribution in [0.1, 0.15) is 12.5 Å². The van der Waals surface area contributed by atoms with Crippen LogP contribution >= 0.6 is 0 Å². The lowest BCUT2D eigenvalue weighted by Crippen LogP contribution is -1.98. The van der Waals surface area contributed by atoms with Crippen LogP contribution in [0.25, 0.3) is 6.08 Å². The zero-order valence-corrected chi connectivity index (χ0v) is 9.44. The quantitative estimate of drug-likeness (QED) is 0.707. The molecule has 0 fully saturated rings. The second-order valence-corrected chi connectivity index (χ2v) is 3.88. The zero-order valence-electron chi connectivity index (χ0n) is 9.44. The number of rotatable bonds is 2. The molecule has 0 aliphatic heterocycles. The van der Waals surface area contributed by atoms with Gasteiger partial charge in [-0.25, -0.2) is 0 Å². The van der Waals surface area contributed by atoms with Crippen LogP contribution in [0, 0.1) is 5.92 Å². The van der Waals surface area contributed by atoms with Crippen molar-refractivity contribution < 1.29 is 9.53 Å². The molecule has 1 aromatic rings. The number of benzene rings is 1. The lowest BCUT2D eigenvalue weighted by Gasteiger charge is -2.04. The Morgan fingerprint density at radius 2 is 1.94 bits per heavy atom. The largest absolute Gasteiger partial charge is 0.497 e. The Bertz CT molecular complexity index is 452. The maximum atomic E-state index is 11.5. The Kier molecular flexibility index (Phi) is 2.91. The first-order valence-corrected chi connectivity index (χ1v) is 5.29. The number of hydrogen-bond donors (Lipinski definition) is 0. The predicted molar refractivity (Wildman–Crippen MR) is 64.3 cm³/mol. The third-order valence-electron chi connectivity index (χ3n) is 2.75. The first-order valence-electron chi connectivity index (χ1n) is 5.29. The van der Waals surface area contributed by atoms with E-state index in [9.17, 15) is 4.79 Å². The van der Waals surface area contributed by atoms with Crippen LogP contribution in [-0.2, 0) is 4.79 Å². The fraction of sp³-hybridized carbons (Fsp3) is 0.214. The Hall–Kier alpha value is -1.83. The molecule has 0 amide bonds. The van der Waals surface area contributed by atoms with E-state index in [-0.39, 0.29) is 11.7 Å². The summed E-state index contributed by atoms with van der Waals surface area (Å²) in [5.41, 5.74) is 1.88. The molecule has 0 aromatic heterocycles. The standard InChI is InChI=1S/C14H14O2/c1-10-3-8-14(15)13(10)9-11-4-6-12(16-2)7-5-11/h3-10H,1-2H3. The van der Waals surface area contributed by atoms with E-state index in [1.54, 1.807) is 13.2 Å². The highest BCUT2D eigenvalue weighted by Crippen LogP contribution is 2.24. The molecule has 0 saturated heterocycles. The molecule has 16 heavy (non-hydrogen) atoms. The third kappa shape index (κ3) is 2.06. The molecule has 82 valence electrons. The summed E-state index contributed by atoms with van der Waals surface area (Å²) in [7, 11) is 1.64. The molecule has 2 nitrogen and oxygen atoms in total. The molecule has 1 unspecified atom stereocenters. The van der Waals surface area contributed by atoms with Crippen molar-refractivity contribution in [1.82, 2.24) is 0 Å². The van der Waals surface area contributed by atoms with Crippen LogP contribution in [-0.4, -0.2) is 12.9 Å². The molecule has 0 radical (unpaired) electrons. The van der Waals surface area contributed by atoms with Crippen LogP contribution in [0.4, 0.5) is 0 Å². The minimum absolute atomic E-state index is 0.114. The van der Waals surface area contributed by atoms with E-state index in [1.807, 2.05) is 43.3 Å². The minimum atomic E-state index is 0.114. The Labute approximate surface area is 95.2 Å². The SMILES string of the molecule is COc1ccc(C=C2C(=O)C=CC2C)cc1. The number of ether oxygens (including phenoxy) is 1. The fourth-order valence-corrected chi connectivity index (χ4v) is 1.74. The molecule has 0 spiro atoms. The fourth-order valence-electron chi connectivity index (χ4n) is 1.74. The number of methoxy groups -OCH3 is 1. The monoisotopic (exact) mass is 214 g/mol. The molecule has 0 N–H and O–H groups in total. The Balaban J connectivity index is 2.25. The maximum Gasteiger partial charge on any atom is 0.182 e. The van der Waals surface area contributed by atoms with Gasteiger partial charge >= 0.3 is 0 Å². The molecule has 1 aliphatic rings. The first-order chi connectivity index (χ1) is 7.70. The molecule has 2 rings (SSSR count). The molecular formula is C14H14O2. The Morgan fingerprint density at radius 1 is 1.25 bits per heavy atom. The Morgan fingerprint density at radius 3 is 2.44 bits per heavy atom. The average Bonchev–Trinajstić information content (AvgIpc) is 2.62. The number of ketones is 1. The van der Waals surface area contributed by atoms with Gasteiger partial charge in [0.25, 0.3) is 0 Å². The van der Waals surface area contributed by atoms with Gasteiger partial charge in [-0.2, -0.15) is 0 Å². The number of carbonyl (C=O) groups is 1. The van der Waals surface area contributed by atoms with Gasteiger partial charge in [0.2, 0.25) is 0 Å². The summed E-state index contributed by atoms with van der Waals surface area (Å²) in [6.07, 6.45) is 5.50. The summed E-state index contributed by atoms with van der Waals surface area (Å²) in [6.45, 7) is 2.02. The van der Waals surface area contributed by atoms with E-state index >= 15 is 0 Å². The molecule has 1 aliphatic carbocycles. The van der Waals surface area contributed by atoms with Crippen molar-refractivity contribution in [3.05, 3.63) is 47.6 Å². The highest BCUT2D eigenvalue weighted by molar-refractivity contribution is 6.10. The molecule has 0 heterocycles. The van der Waals surface area contributed by atoms with Gasteiger partial charge in [0.05, 0.1) is 7.11 Å². The van der Waals surface area contributed by atoms with Gasteiger partial charge in [-0.1, -0.05) is 25.1 Å². The zero-order chi connectivity index (χ0) is 11.5. The van der Waals surface area contributed by atoms with Gasteiger partial charge in [-0.3, -0.25) is 4.79 Å². The van der Waals surface area contributed by atoms with E-state index in [1.165, 1.54) is 0 Å². The van der Waals surface area contributed by atoms with Gasteiger partial charge in [0, 0.05) is 11.5 Å². The lowest BCUT2D eigenvalue weighted by atomic mass is 10.0. The van der Waals surface area contributed by atoms with Crippen molar-refractivity contribution in [2.75, 3.05) is 7.11 Å². The normalized spacial score (nSPS) is 21.8. The lowest BCUT2D eigenvalue weighted by molar-refractivity contribution is -0.111. The molecule has 1 aromatic carbocycles. The van der Waals surface area contributed by atoms with Gasteiger partial charge < -0.3 is 4.74 Å². The summed E-state index contributed by atoms with van der Waals surface area (Å²) >= 11 is 0. The molecule has 0 saturated carbocycles. The summed E-state index contributed by atoms with van der Waals surface area (Å²) in [6, 6.07) is 7.68. The van der Waals surface area contributed by atoms with Gasteiger partial charge in [0.1, 0.15) is 5.75 Å². The minimum Gasteiger partial charge on any atom is -0.497 e. The van der Waals surface area contributed by atoms with E-state index < -0.39 is 0 Å². The predicted octanol–water partition coefficient (Wildman–Crippen LogP) is 2.85. The molecular weight excluding hydrogens is 200 g/mol. The van der Waals surface area contributed by atoms with Crippen LogP contribution in [0.2, 0.25) is 0 Å². The smallest absolute Gasteiger partial charge is 0.182 e.